The first-order chi connectivity index (χ1) is 7.84. The van der Waals surface area contributed by atoms with E-state index in [9.17, 15) is 4.39 Å². The topological polar surface area (TPSA) is 28.7 Å². The Morgan fingerprint density at radius 1 is 1.06 bits per heavy atom. The third-order valence-corrected chi connectivity index (χ3v) is 2.64. The third kappa shape index (κ3) is 1.37. The molecule has 0 saturated heterocycles. The predicted molar refractivity (Wildman–Crippen MR) is 61.5 cm³/mol. The van der Waals surface area contributed by atoms with Gasteiger partial charge in [0.15, 0.2) is 0 Å². The van der Waals surface area contributed by atoms with Gasteiger partial charge in [-0.2, -0.15) is 0 Å². The van der Waals surface area contributed by atoms with Crippen molar-refractivity contribution in [3.05, 3.63) is 54.7 Å². The van der Waals surface area contributed by atoms with Gasteiger partial charge in [-0.25, -0.2) is 4.39 Å². The van der Waals surface area contributed by atoms with Crippen molar-refractivity contribution in [1.82, 2.24) is 9.97 Å². The van der Waals surface area contributed by atoms with Crippen LogP contribution < -0.4 is 0 Å². The maximum atomic E-state index is 12.8. The number of aromatic nitrogens is 2. The average molecular weight is 212 g/mol. The summed E-state index contributed by atoms with van der Waals surface area (Å²) in [6.07, 6.45) is 5.47. The fourth-order valence-electron chi connectivity index (χ4n) is 1.83. The molecule has 0 bridgehead atoms. The Hall–Kier alpha value is -2.16. The van der Waals surface area contributed by atoms with E-state index in [1.807, 2.05) is 18.5 Å². The molecule has 2 nitrogen and oxygen atoms in total. The number of benzene rings is 1. The smallest absolute Gasteiger partial charge is 0.123 e. The van der Waals surface area contributed by atoms with Crippen LogP contribution in [-0.4, -0.2) is 9.97 Å². The molecule has 0 aliphatic rings. The van der Waals surface area contributed by atoms with Crippen molar-refractivity contribution < 1.29 is 4.39 Å². The molecule has 0 unspecified atom stereocenters. The molecule has 0 spiro atoms. The molecular weight excluding hydrogens is 203 g/mol. The number of nitrogens with zero attached hydrogens (tertiary/aromatic N) is 1. The van der Waals surface area contributed by atoms with E-state index in [-0.39, 0.29) is 5.82 Å². The van der Waals surface area contributed by atoms with Crippen LogP contribution in [0.25, 0.3) is 22.0 Å². The fraction of sp³-hybridized carbons (Fsp3) is 0. The van der Waals surface area contributed by atoms with E-state index in [1.165, 1.54) is 12.1 Å². The van der Waals surface area contributed by atoms with Gasteiger partial charge in [-0.1, -0.05) is 12.1 Å². The summed E-state index contributed by atoms with van der Waals surface area (Å²) in [5.74, 6) is -0.221. The number of aromatic amines is 1. The summed E-state index contributed by atoms with van der Waals surface area (Å²) >= 11 is 0. The molecule has 0 aliphatic carbocycles. The van der Waals surface area contributed by atoms with Crippen molar-refractivity contribution in [2.24, 2.45) is 0 Å². The van der Waals surface area contributed by atoms with Gasteiger partial charge in [0.2, 0.25) is 0 Å². The second-order valence-electron chi connectivity index (χ2n) is 3.63. The summed E-state index contributed by atoms with van der Waals surface area (Å²) in [6.45, 7) is 0. The van der Waals surface area contributed by atoms with Crippen LogP contribution in [0.2, 0.25) is 0 Å². The number of halogens is 1. The third-order valence-electron chi connectivity index (χ3n) is 2.64. The summed E-state index contributed by atoms with van der Waals surface area (Å²) in [4.78, 5) is 7.26. The van der Waals surface area contributed by atoms with Crippen LogP contribution in [0.15, 0.2) is 48.9 Å². The summed E-state index contributed by atoms with van der Waals surface area (Å²) in [6, 6.07) is 8.38. The largest absolute Gasteiger partial charge is 0.360 e. The zero-order valence-corrected chi connectivity index (χ0v) is 8.44. The van der Waals surface area contributed by atoms with E-state index >= 15 is 0 Å². The molecule has 3 aromatic rings. The highest BCUT2D eigenvalue weighted by Crippen LogP contribution is 2.27. The number of nitrogens with one attached hydrogen (secondary N) is 1. The van der Waals surface area contributed by atoms with Crippen LogP contribution in [0.5, 0.6) is 0 Å². The van der Waals surface area contributed by atoms with Crippen LogP contribution in [0.3, 0.4) is 0 Å². The van der Waals surface area contributed by atoms with Crippen molar-refractivity contribution >= 4 is 10.9 Å². The molecular formula is C13H9FN2. The van der Waals surface area contributed by atoms with Gasteiger partial charge < -0.3 is 4.98 Å². The van der Waals surface area contributed by atoms with Gasteiger partial charge in [-0.05, 0) is 23.8 Å². The zero-order valence-electron chi connectivity index (χ0n) is 8.44. The lowest BCUT2D eigenvalue weighted by Crippen LogP contribution is -1.77. The Morgan fingerprint density at radius 2 is 1.88 bits per heavy atom. The maximum absolute atomic E-state index is 12.8. The van der Waals surface area contributed by atoms with Gasteiger partial charge in [-0.15, -0.1) is 0 Å². The van der Waals surface area contributed by atoms with E-state index in [1.54, 1.807) is 18.3 Å². The lowest BCUT2D eigenvalue weighted by molar-refractivity contribution is 0.628. The first kappa shape index (κ1) is 9.09. The molecule has 0 amide bonds. The monoisotopic (exact) mass is 212 g/mol. The van der Waals surface area contributed by atoms with Crippen molar-refractivity contribution in [3.8, 4) is 11.1 Å². The Kier molecular flexibility index (Phi) is 1.96. The molecule has 78 valence electrons. The Balaban J connectivity index is 2.22. The van der Waals surface area contributed by atoms with E-state index < -0.39 is 0 Å². The fourth-order valence-corrected chi connectivity index (χ4v) is 1.83. The second-order valence-corrected chi connectivity index (χ2v) is 3.63. The Morgan fingerprint density at radius 3 is 2.69 bits per heavy atom. The molecule has 0 fully saturated rings. The standard InChI is InChI=1S/C13H9FN2/c14-10-3-1-9(2-4-10)11-8-16-13-5-6-15-7-12(11)13/h1-8,16H. The van der Waals surface area contributed by atoms with Crippen molar-refractivity contribution in [1.29, 1.82) is 0 Å². The Bertz CT molecular complexity index is 626. The van der Waals surface area contributed by atoms with Crippen LogP contribution >= 0.6 is 0 Å². The van der Waals surface area contributed by atoms with Crippen LogP contribution in [-0.2, 0) is 0 Å². The first-order valence-electron chi connectivity index (χ1n) is 5.01. The molecule has 16 heavy (non-hydrogen) atoms. The van der Waals surface area contributed by atoms with Crippen LogP contribution in [0, 0.1) is 5.82 Å². The van der Waals surface area contributed by atoms with Crippen molar-refractivity contribution in [2.75, 3.05) is 0 Å². The zero-order chi connectivity index (χ0) is 11.0. The number of hydrogen-bond acceptors (Lipinski definition) is 1. The quantitative estimate of drug-likeness (QED) is 0.658. The highest BCUT2D eigenvalue weighted by molar-refractivity contribution is 5.94. The minimum atomic E-state index is -0.221. The maximum Gasteiger partial charge on any atom is 0.123 e. The predicted octanol–water partition coefficient (Wildman–Crippen LogP) is 3.37. The number of hydrogen-bond donors (Lipinski definition) is 1. The van der Waals surface area contributed by atoms with Gasteiger partial charge in [0.1, 0.15) is 5.82 Å². The molecule has 1 aromatic carbocycles. The second kappa shape index (κ2) is 3.45. The molecule has 0 atom stereocenters. The SMILES string of the molecule is Fc1ccc(-c2c[nH]c3ccncc23)cc1. The van der Waals surface area contributed by atoms with E-state index in [4.69, 9.17) is 0 Å². The lowest BCUT2D eigenvalue weighted by Gasteiger charge is -1.98. The van der Waals surface area contributed by atoms with Gasteiger partial charge in [0.05, 0.1) is 0 Å². The summed E-state index contributed by atoms with van der Waals surface area (Å²) < 4.78 is 12.8. The van der Waals surface area contributed by atoms with Gasteiger partial charge in [-0.3, -0.25) is 4.98 Å². The van der Waals surface area contributed by atoms with Gasteiger partial charge in [0, 0.05) is 35.1 Å². The summed E-state index contributed by atoms with van der Waals surface area (Å²) in [5, 5.41) is 1.05. The molecule has 0 saturated carbocycles. The highest BCUT2D eigenvalue weighted by Gasteiger charge is 2.05. The molecule has 0 aliphatic heterocycles. The van der Waals surface area contributed by atoms with Crippen LogP contribution in [0.1, 0.15) is 0 Å². The summed E-state index contributed by atoms with van der Waals surface area (Å²) in [7, 11) is 0. The molecule has 3 heteroatoms. The van der Waals surface area contributed by atoms with E-state index in [2.05, 4.69) is 9.97 Å². The van der Waals surface area contributed by atoms with Crippen molar-refractivity contribution in [3.63, 3.8) is 0 Å². The van der Waals surface area contributed by atoms with E-state index in [0.717, 1.165) is 22.0 Å². The average Bonchev–Trinajstić information content (AvgIpc) is 2.74. The number of fused-ring (bicyclic) bond motifs is 1. The normalized spacial score (nSPS) is 10.8. The molecule has 2 aromatic heterocycles. The molecule has 1 N–H and O–H groups in total. The number of H-pyrrole nitrogens is 1. The van der Waals surface area contributed by atoms with Crippen LogP contribution in [0.4, 0.5) is 4.39 Å². The first-order valence-corrected chi connectivity index (χ1v) is 5.01. The Labute approximate surface area is 91.8 Å². The lowest BCUT2D eigenvalue weighted by atomic mass is 10.1. The minimum absolute atomic E-state index is 0.221. The van der Waals surface area contributed by atoms with Gasteiger partial charge >= 0.3 is 0 Å². The van der Waals surface area contributed by atoms with Crippen molar-refractivity contribution in [2.45, 2.75) is 0 Å². The number of rotatable bonds is 1. The minimum Gasteiger partial charge on any atom is -0.360 e. The van der Waals surface area contributed by atoms with Gasteiger partial charge in [0.25, 0.3) is 0 Å². The summed E-state index contributed by atoms with van der Waals surface area (Å²) in [5.41, 5.74) is 3.07. The highest BCUT2D eigenvalue weighted by atomic mass is 19.1. The molecule has 0 radical (unpaired) electrons. The number of pyridine rings is 1. The van der Waals surface area contributed by atoms with E-state index in [0.29, 0.717) is 0 Å². The molecule has 3 rings (SSSR count). The molecule has 2 heterocycles.